The zero-order valence-electron chi connectivity index (χ0n) is 20.0. The van der Waals surface area contributed by atoms with Crippen LogP contribution in [0.2, 0.25) is 0 Å². The number of rotatable bonds is 4. The maximum Gasteiger partial charge on any atom is 0.307 e. The molecule has 1 fully saturated rings. The molecule has 9 heteroatoms. The molecular formula is C27H29FN2O5S. The number of imide groups is 1. The highest BCUT2D eigenvalue weighted by Crippen LogP contribution is 2.38. The van der Waals surface area contributed by atoms with Crippen LogP contribution in [0.5, 0.6) is 0 Å². The van der Waals surface area contributed by atoms with Gasteiger partial charge in [-0.05, 0) is 60.9 Å². The third kappa shape index (κ3) is 4.64. The van der Waals surface area contributed by atoms with E-state index in [0.717, 1.165) is 23.3 Å². The quantitative estimate of drug-likeness (QED) is 0.477. The van der Waals surface area contributed by atoms with Crippen LogP contribution in [0.25, 0.3) is 0 Å². The molecule has 3 aliphatic rings. The van der Waals surface area contributed by atoms with Crippen LogP contribution in [0.4, 0.5) is 4.39 Å². The lowest BCUT2D eigenvalue weighted by molar-refractivity contribution is -0.153. The van der Waals surface area contributed by atoms with Crippen molar-refractivity contribution in [3.63, 3.8) is 0 Å². The monoisotopic (exact) mass is 512 g/mol. The Balaban J connectivity index is 0.00000148. The number of carboxylic acids is 1. The molecule has 0 spiro atoms. The molecule has 1 aliphatic carbocycles. The average Bonchev–Trinajstić information content (AvgIpc) is 3.14. The smallest absolute Gasteiger partial charge is 0.307 e. The van der Waals surface area contributed by atoms with Gasteiger partial charge in [0, 0.05) is 6.54 Å². The Labute approximate surface area is 214 Å². The fourth-order valence-electron chi connectivity index (χ4n) is 5.64. The second kappa shape index (κ2) is 10.8. The van der Waals surface area contributed by atoms with E-state index in [0.29, 0.717) is 42.5 Å². The molecule has 1 saturated carbocycles. The lowest BCUT2D eigenvalue weighted by atomic mass is 9.77. The first-order chi connectivity index (χ1) is 17.4. The molecule has 0 radical (unpaired) electrons. The molecule has 3 unspecified atom stereocenters. The summed E-state index contributed by atoms with van der Waals surface area (Å²) in [6.45, 7) is 0.202. The summed E-state index contributed by atoms with van der Waals surface area (Å²) in [5.74, 6) is -4.10. The number of carbonyl (C=O) groups is 4. The highest BCUT2D eigenvalue weighted by atomic mass is 32.1. The minimum absolute atomic E-state index is 0.112. The van der Waals surface area contributed by atoms with Gasteiger partial charge in [-0.1, -0.05) is 31.0 Å². The van der Waals surface area contributed by atoms with Crippen molar-refractivity contribution < 1.29 is 28.7 Å². The van der Waals surface area contributed by atoms with Crippen molar-refractivity contribution in [1.82, 2.24) is 9.80 Å². The second-order valence-electron chi connectivity index (χ2n) is 9.24. The van der Waals surface area contributed by atoms with E-state index in [2.05, 4.69) is 12.6 Å². The van der Waals surface area contributed by atoms with Gasteiger partial charge in [0.2, 0.25) is 5.91 Å². The Kier molecular flexibility index (Phi) is 7.78. The number of halogens is 1. The zero-order valence-corrected chi connectivity index (χ0v) is 20.9. The SMILES string of the molecule is CS.O=C(O)C1CCCCC1C(=O)N1CCc2ccc(F)cc2C1CN1C(=O)c2ccccc2C1=O. The first-order valence-electron chi connectivity index (χ1n) is 12.1. The van der Waals surface area contributed by atoms with Gasteiger partial charge in [0.15, 0.2) is 0 Å². The molecular weight excluding hydrogens is 483 g/mol. The molecule has 2 aromatic carbocycles. The fraction of sp³-hybridized carbons (Fsp3) is 0.407. The van der Waals surface area contributed by atoms with Crippen molar-refractivity contribution in [2.45, 2.75) is 38.1 Å². The third-order valence-corrected chi connectivity index (χ3v) is 7.38. The predicted molar refractivity (Wildman–Crippen MR) is 134 cm³/mol. The Morgan fingerprint density at radius 1 is 1.00 bits per heavy atom. The summed E-state index contributed by atoms with van der Waals surface area (Å²) in [5.41, 5.74) is 2.02. The van der Waals surface area contributed by atoms with Crippen LogP contribution in [0.15, 0.2) is 42.5 Å². The van der Waals surface area contributed by atoms with E-state index in [-0.39, 0.29) is 12.5 Å². The number of hydrogen-bond donors (Lipinski definition) is 2. The largest absolute Gasteiger partial charge is 0.481 e. The van der Waals surface area contributed by atoms with E-state index in [1.54, 1.807) is 41.5 Å². The normalized spacial score (nSPS) is 22.9. The van der Waals surface area contributed by atoms with Crippen LogP contribution >= 0.6 is 12.6 Å². The number of fused-ring (bicyclic) bond motifs is 2. The van der Waals surface area contributed by atoms with Crippen molar-refractivity contribution in [3.05, 3.63) is 70.5 Å². The third-order valence-electron chi connectivity index (χ3n) is 7.38. The molecule has 190 valence electrons. The predicted octanol–water partition coefficient (Wildman–Crippen LogP) is 3.98. The van der Waals surface area contributed by atoms with E-state index in [1.165, 1.54) is 12.1 Å². The number of carboxylic acid groups (broad SMARTS) is 1. The molecule has 2 aromatic rings. The average molecular weight is 513 g/mol. The van der Waals surface area contributed by atoms with Gasteiger partial charge in [-0.2, -0.15) is 12.6 Å². The highest BCUT2D eigenvalue weighted by molar-refractivity contribution is 7.79. The van der Waals surface area contributed by atoms with Crippen molar-refractivity contribution in [3.8, 4) is 0 Å². The molecule has 0 aromatic heterocycles. The Hall–Kier alpha value is -3.20. The summed E-state index contributed by atoms with van der Waals surface area (Å²) < 4.78 is 14.3. The van der Waals surface area contributed by atoms with Crippen LogP contribution in [0.3, 0.4) is 0 Å². The number of aliphatic carboxylic acids is 1. The number of amides is 3. The van der Waals surface area contributed by atoms with Crippen molar-refractivity contribution in [2.24, 2.45) is 11.8 Å². The highest BCUT2D eigenvalue weighted by Gasteiger charge is 2.44. The van der Waals surface area contributed by atoms with Crippen LogP contribution in [0.1, 0.15) is 63.6 Å². The van der Waals surface area contributed by atoms with E-state index in [4.69, 9.17) is 0 Å². The first-order valence-corrected chi connectivity index (χ1v) is 13.0. The minimum atomic E-state index is -0.988. The van der Waals surface area contributed by atoms with Crippen LogP contribution in [0, 0.1) is 17.7 Å². The van der Waals surface area contributed by atoms with Crippen LogP contribution in [-0.2, 0) is 16.0 Å². The Morgan fingerprint density at radius 2 is 1.61 bits per heavy atom. The lowest BCUT2D eigenvalue weighted by Gasteiger charge is -2.42. The molecule has 5 rings (SSSR count). The minimum Gasteiger partial charge on any atom is -0.481 e. The number of benzene rings is 2. The van der Waals surface area contributed by atoms with Crippen LogP contribution in [-0.4, -0.2) is 57.9 Å². The van der Waals surface area contributed by atoms with E-state index < -0.39 is 41.5 Å². The molecule has 2 heterocycles. The van der Waals surface area contributed by atoms with Gasteiger partial charge in [0.05, 0.1) is 35.5 Å². The first kappa shape index (κ1) is 25.9. The Morgan fingerprint density at radius 3 is 2.22 bits per heavy atom. The van der Waals surface area contributed by atoms with Crippen LogP contribution < -0.4 is 0 Å². The van der Waals surface area contributed by atoms with Gasteiger partial charge in [-0.3, -0.25) is 24.1 Å². The Bertz CT molecular complexity index is 1170. The van der Waals surface area contributed by atoms with Gasteiger partial charge in [-0.15, -0.1) is 0 Å². The summed E-state index contributed by atoms with van der Waals surface area (Å²) in [7, 11) is 0. The van der Waals surface area contributed by atoms with E-state index >= 15 is 0 Å². The summed E-state index contributed by atoms with van der Waals surface area (Å²) >= 11 is 3.53. The molecule has 0 bridgehead atoms. The number of hydrogen-bond acceptors (Lipinski definition) is 5. The van der Waals surface area contributed by atoms with E-state index in [9.17, 15) is 28.7 Å². The van der Waals surface area contributed by atoms with Crippen molar-refractivity contribution >= 4 is 36.3 Å². The zero-order chi connectivity index (χ0) is 26.0. The second-order valence-corrected chi connectivity index (χ2v) is 9.24. The van der Waals surface area contributed by atoms with Crippen molar-refractivity contribution in [1.29, 1.82) is 0 Å². The number of nitrogens with zero attached hydrogens (tertiary/aromatic N) is 2. The lowest BCUT2D eigenvalue weighted by Crippen LogP contribution is -2.50. The van der Waals surface area contributed by atoms with Crippen molar-refractivity contribution in [2.75, 3.05) is 19.3 Å². The summed E-state index contributed by atoms with van der Waals surface area (Å²) in [6, 6.07) is 10.2. The van der Waals surface area contributed by atoms with E-state index in [1.807, 2.05) is 0 Å². The molecule has 3 amide bonds. The fourth-order valence-corrected chi connectivity index (χ4v) is 5.64. The summed E-state index contributed by atoms with van der Waals surface area (Å²) in [5, 5.41) is 9.70. The molecule has 3 atom stereocenters. The number of carbonyl (C=O) groups excluding carboxylic acids is 3. The molecule has 7 nitrogen and oxygen atoms in total. The number of thiol groups is 1. The molecule has 2 aliphatic heterocycles. The van der Waals surface area contributed by atoms with Gasteiger partial charge < -0.3 is 10.0 Å². The maximum absolute atomic E-state index is 14.3. The molecule has 36 heavy (non-hydrogen) atoms. The summed E-state index contributed by atoms with van der Waals surface area (Å²) in [4.78, 5) is 54.3. The molecule has 1 N–H and O–H groups in total. The van der Waals surface area contributed by atoms with Gasteiger partial charge in [0.25, 0.3) is 11.8 Å². The van der Waals surface area contributed by atoms with Gasteiger partial charge in [-0.25, -0.2) is 4.39 Å². The standard InChI is InChI=1S/C26H25FN2O5.CH4S/c27-16-10-9-15-11-12-28(23(30)19-7-3-4-8-20(19)26(33)34)22(21(15)13-16)14-29-24(31)17-5-1-2-6-18(17)25(29)32;1-2/h1-2,5-6,9-10,13,19-20,22H,3-4,7-8,11-12,14H2,(H,33,34);2H,1H3. The van der Waals surface area contributed by atoms with Gasteiger partial charge in [0.1, 0.15) is 5.82 Å². The van der Waals surface area contributed by atoms with Gasteiger partial charge >= 0.3 is 5.97 Å². The topological polar surface area (TPSA) is 95.0 Å². The summed E-state index contributed by atoms with van der Waals surface area (Å²) in [6.07, 6.45) is 4.62. The maximum atomic E-state index is 14.3. The molecule has 0 saturated heterocycles.